The van der Waals surface area contributed by atoms with E-state index in [0.29, 0.717) is 6.54 Å². The molecule has 0 bridgehead atoms. The Morgan fingerprint density at radius 3 is 2.80 bits per heavy atom. The van der Waals surface area contributed by atoms with Crippen LogP contribution in [0.3, 0.4) is 0 Å². The molecule has 0 atom stereocenters. The Balaban J connectivity index is 1.88. The molecule has 20 heavy (non-hydrogen) atoms. The number of carbonyl (C=O) groups excluding carboxylic acids is 1. The summed E-state index contributed by atoms with van der Waals surface area (Å²) in [5, 5.41) is 6.41. The average molecular weight is 296 g/mol. The number of thiophene rings is 1. The van der Waals surface area contributed by atoms with E-state index >= 15 is 0 Å². The van der Waals surface area contributed by atoms with Crippen molar-refractivity contribution < 1.29 is 13.6 Å². The number of nitrogens with zero attached hydrogens (tertiary/aromatic N) is 1. The van der Waals surface area contributed by atoms with Crippen LogP contribution in [0.25, 0.3) is 0 Å². The van der Waals surface area contributed by atoms with Crippen LogP contribution in [0.5, 0.6) is 0 Å². The van der Waals surface area contributed by atoms with Crippen molar-refractivity contribution in [2.24, 2.45) is 0 Å². The highest BCUT2D eigenvalue weighted by molar-refractivity contribution is 7.07. The normalized spacial score (nSPS) is 10.8. The van der Waals surface area contributed by atoms with Crippen molar-refractivity contribution in [2.45, 2.75) is 6.54 Å². The predicted octanol–water partition coefficient (Wildman–Crippen LogP) is 3.10. The van der Waals surface area contributed by atoms with Crippen LogP contribution in [0, 0.1) is 11.6 Å². The monoisotopic (exact) mass is 296 g/mol. The summed E-state index contributed by atoms with van der Waals surface area (Å²) >= 11 is 1.59. The number of anilines is 1. The van der Waals surface area contributed by atoms with Gasteiger partial charge in [0.1, 0.15) is 11.6 Å². The Hall–Kier alpha value is -1.79. The fourth-order valence-corrected chi connectivity index (χ4v) is 2.44. The first-order chi connectivity index (χ1) is 9.54. The van der Waals surface area contributed by atoms with Crippen molar-refractivity contribution in [3.8, 4) is 0 Å². The largest absolute Gasteiger partial charge is 0.322 e. The minimum Gasteiger partial charge on any atom is -0.322 e. The standard InChI is InChI=1S/C14H14F2N2OS/c1-18(7-10-4-5-20-9-10)8-14(19)17-13-3-2-11(15)6-12(13)16/h2-6,9H,7-8H2,1H3,(H,17,19). The summed E-state index contributed by atoms with van der Waals surface area (Å²) in [7, 11) is 1.80. The van der Waals surface area contributed by atoms with Crippen molar-refractivity contribution in [3.05, 3.63) is 52.2 Å². The summed E-state index contributed by atoms with van der Waals surface area (Å²) < 4.78 is 26.1. The van der Waals surface area contributed by atoms with Crippen LogP contribution < -0.4 is 5.32 Å². The fourth-order valence-electron chi connectivity index (χ4n) is 1.78. The molecule has 1 amide bonds. The molecule has 0 unspecified atom stereocenters. The lowest BCUT2D eigenvalue weighted by Crippen LogP contribution is -2.30. The van der Waals surface area contributed by atoms with Gasteiger partial charge in [0.2, 0.25) is 5.91 Å². The van der Waals surface area contributed by atoms with Crippen LogP contribution in [0.2, 0.25) is 0 Å². The lowest BCUT2D eigenvalue weighted by molar-refractivity contribution is -0.117. The van der Waals surface area contributed by atoms with Gasteiger partial charge >= 0.3 is 0 Å². The van der Waals surface area contributed by atoms with E-state index in [2.05, 4.69) is 5.32 Å². The van der Waals surface area contributed by atoms with E-state index in [-0.39, 0.29) is 18.1 Å². The zero-order chi connectivity index (χ0) is 14.5. The maximum atomic E-state index is 13.4. The summed E-state index contributed by atoms with van der Waals surface area (Å²) in [5.41, 5.74) is 1.11. The van der Waals surface area contributed by atoms with E-state index < -0.39 is 11.6 Å². The molecular formula is C14H14F2N2OS. The zero-order valence-electron chi connectivity index (χ0n) is 10.9. The Labute approximate surface area is 119 Å². The molecule has 2 aromatic rings. The van der Waals surface area contributed by atoms with Gasteiger partial charge in [-0.05, 0) is 41.6 Å². The third-order valence-corrected chi connectivity index (χ3v) is 3.38. The number of benzene rings is 1. The molecule has 0 aliphatic heterocycles. The number of likely N-dealkylation sites (N-methyl/N-ethyl adjacent to an activating group) is 1. The fraction of sp³-hybridized carbons (Fsp3) is 0.214. The zero-order valence-corrected chi connectivity index (χ0v) is 11.7. The molecule has 2 rings (SSSR count). The molecule has 0 saturated heterocycles. The van der Waals surface area contributed by atoms with Gasteiger partial charge in [-0.2, -0.15) is 11.3 Å². The number of hydrogen-bond donors (Lipinski definition) is 1. The quantitative estimate of drug-likeness (QED) is 0.919. The third-order valence-electron chi connectivity index (χ3n) is 2.65. The van der Waals surface area contributed by atoms with Crippen LogP contribution in [0.4, 0.5) is 14.5 Å². The van der Waals surface area contributed by atoms with Crippen LogP contribution in [-0.2, 0) is 11.3 Å². The van der Waals surface area contributed by atoms with Gasteiger partial charge in [-0.1, -0.05) is 0 Å². The first-order valence-corrected chi connectivity index (χ1v) is 6.93. The molecule has 0 radical (unpaired) electrons. The van der Waals surface area contributed by atoms with Crippen LogP contribution >= 0.6 is 11.3 Å². The van der Waals surface area contributed by atoms with E-state index in [0.717, 1.165) is 17.7 Å². The molecule has 1 aromatic heterocycles. The van der Waals surface area contributed by atoms with Crippen molar-refractivity contribution in [3.63, 3.8) is 0 Å². The van der Waals surface area contributed by atoms with E-state index in [4.69, 9.17) is 0 Å². The summed E-state index contributed by atoms with van der Waals surface area (Å²) in [5.74, 6) is -1.79. The lowest BCUT2D eigenvalue weighted by atomic mass is 10.3. The van der Waals surface area contributed by atoms with Gasteiger partial charge in [-0.15, -0.1) is 0 Å². The molecule has 6 heteroatoms. The Morgan fingerprint density at radius 2 is 2.15 bits per heavy atom. The van der Waals surface area contributed by atoms with Crippen molar-refractivity contribution in [1.29, 1.82) is 0 Å². The van der Waals surface area contributed by atoms with Crippen LogP contribution in [0.1, 0.15) is 5.56 Å². The van der Waals surface area contributed by atoms with Gasteiger partial charge < -0.3 is 5.32 Å². The minimum absolute atomic E-state index is 0.0136. The summed E-state index contributed by atoms with van der Waals surface area (Å²) in [6.07, 6.45) is 0. The second-order valence-corrected chi connectivity index (χ2v) is 5.26. The molecule has 0 spiro atoms. The smallest absolute Gasteiger partial charge is 0.238 e. The molecule has 0 saturated carbocycles. The second kappa shape index (κ2) is 6.58. The van der Waals surface area contributed by atoms with Gasteiger partial charge in [0.15, 0.2) is 0 Å². The molecule has 3 nitrogen and oxygen atoms in total. The third kappa shape index (κ3) is 4.11. The predicted molar refractivity (Wildman–Crippen MR) is 75.6 cm³/mol. The van der Waals surface area contributed by atoms with E-state index in [1.54, 1.807) is 18.4 Å². The first kappa shape index (κ1) is 14.6. The van der Waals surface area contributed by atoms with Crippen molar-refractivity contribution in [2.75, 3.05) is 18.9 Å². The van der Waals surface area contributed by atoms with Gasteiger partial charge in [-0.25, -0.2) is 8.78 Å². The van der Waals surface area contributed by atoms with E-state index in [1.807, 2.05) is 21.7 Å². The maximum absolute atomic E-state index is 13.4. The first-order valence-electron chi connectivity index (χ1n) is 5.99. The molecule has 1 heterocycles. The second-order valence-electron chi connectivity index (χ2n) is 4.48. The number of hydrogen-bond acceptors (Lipinski definition) is 3. The van der Waals surface area contributed by atoms with Gasteiger partial charge in [0.05, 0.1) is 12.2 Å². The topological polar surface area (TPSA) is 32.3 Å². The number of rotatable bonds is 5. The van der Waals surface area contributed by atoms with Gasteiger partial charge in [0, 0.05) is 12.6 Å². The highest BCUT2D eigenvalue weighted by atomic mass is 32.1. The molecular weight excluding hydrogens is 282 g/mol. The van der Waals surface area contributed by atoms with Crippen LogP contribution in [-0.4, -0.2) is 24.4 Å². The highest BCUT2D eigenvalue weighted by Crippen LogP contribution is 2.15. The molecule has 1 aromatic carbocycles. The molecule has 0 aliphatic rings. The Bertz CT molecular complexity index is 587. The molecule has 0 aliphatic carbocycles. The molecule has 0 fully saturated rings. The van der Waals surface area contributed by atoms with Gasteiger partial charge in [-0.3, -0.25) is 9.69 Å². The van der Waals surface area contributed by atoms with Crippen molar-refractivity contribution >= 4 is 22.9 Å². The van der Waals surface area contributed by atoms with E-state index in [1.165, 1.54) is 6.07 Å². The molecule has 1 N–H and O–H groups in total. The number of carbonyl (C=O) groups is 1. The number of nitrogens with one attached hydrogen (secondary N) is 1. The lowest BCUT2D eigenvalue weighted by Gasteiger charge is -2.15. The average Bonchev–Trinajstić information content (AvgIpc) is 2.85. The molecule has 106 valence electrons. The van der Waals surface area contributed by atoms with E-state index in [9.17, 15) is 13.6 Å². The Morgan fingerprint density at radius 1 is 1.35 bits per heavy atom. The number of amides is 1. The Kier molecular flexibility index (Phi) is 4.81. The van der Waals surface area contributed by atoms with Crippen molar-refractivity contribution in [1.82, 2.24) is 4.90 Å². The summed E-state index contributed by atoms with van der Waals surface area (Å²) in [6.45, 7) is 0.773. The minimum atomic E-state index is -0.779. The number of halogens is 2. The van der Waals surface area contributed by atoms with Gasteiger partial charge in [0.25, 0.3) is 0 Å². The highest BCUT2D eigenvalue weighted by Gasteiger charge is 2.10. The summed E-state index contributed by atoms with van der Waals surface area (Å²) in [6, 6.07) is 5.04. The SMILES string of the molecule is CN(CC(=O)Nc1ccc(F)cc1F)Cc1ccsc1. The maximum Gasteiger partial charge on any atom is 0.238 e. The van der Waals surface area contributed by atoms with Crippen LogP contribution in [0.15, 0.2) is 35.0 Å². The summed E-state index contributed by atoms with van der Waals surface area (Å²) in [4.78, 5) is 13.6.